The first-order valence-electron chi connectivity index (χ1n) is 8.04. The average Bonchev–Trinajstić information content (AvgIpc) is 2.88. The van der Waals surface area contributed by atoms with Gasteiger partial charge >= 0.3 is 0 Å². The summed E-state index contributed by atoms with van der Waals surface area (Å²) in [5.74, 6) is 1.51. The number of nitrogens with zero attached hydrogens (tertiary/aromatic N) is 1. The lowest BCUT2D eigenvalue weighted by Crippen LogP contribution is -2.58. The number of hydrogen-bond acceptors (Lipinski definition) is 3. The van der Waals surface area contributed by atoms with E-state index >= 15 is 0 Å². The number of nitrogens with one attached hydrogen (secondary N) is 1. The molecule has 1 N–H and O–H groups in total. The molecule has 0 amide bonds. The molecule has 2 heterocycles. The standard InChI is InChI=1S/C17H30N2S/c1-13(2)9-16-11-19(17(10-18-16)14(3)4)7-5-15-6-8-20-12-15/h6,8,12-14,16-18H,5,7,9-11H2,1-4H3. The van der Waals surface area contributed by atoms with Crippen LogP contribution >= 0.6 is 11.3 Å². The van der Waals surface area contributed by atoms with Gasteiger partial charge in [-0.05, 0) is 47.1 Å². The Labute approximate surface area is 128 Å². The third-order valence-corrected chi connectivity index (χ3v) is 5.06. The second kappa shape index (κ2) is 7.58. The molecule has 2 nitrogen and oxygen atoms in total. The smallest absolute Gasteiger partial charge is 0.0244 e. The van der Waals surface area contributed by atoms with Crippen molar-refractivity contribution in [2.75, 3.05) is 19.6 Å². The molecule has 1 aliphatic rings. The predicted molar refractivity (Wildman–Crippen MR) is 89.5 cm³/mol. The second-order valence-corrected chi connectivity index (χ2v) is 7.70. The van der Waals surface area contributed by atoms with Crippen LogP contribution in [0.4, 0.5) is 0 Å². The number of hydrogen-bond donors (Lipinski definition) is 1. The van der Waals surface area contributed by atoms with Gasteiger partial charge in [-0.25, -0.2) is 0 Å². The lowest BCUT2D eigenvalue weighted by molar-refractivity contribution is 0.0934. The van der Waals surface area contributed by atoms with Crippen LogP contribution < -0.4 is 5.32 Å². The van der Waals surface area contributed by atoms with Crippen molar-refractivity contribution in [1.82, 2.24) is 10.2 Å². The van der Waals surface area contributed by atoms with Crippen molar-refractivity contribution in [1.29, 1.82) is 0 Å². The molecule has 1 aromatic heterocycles. The van der Waals surface area contributed by atoms with E-state index in [1.807, 2.05) is 11.3 Å². The summed E-state index contributed by atoms with van der Waals surface area (Å²) in [6.07, 6.45) is 2.49. The Morgan fingerprint density at radius 3 is 2.75 bits per heavy atom. The van der Waals surface area contributed by atoms with E-state index < -0.39 is 0 Å². The SMILES string of the molecule is CC(C)CC1CN(CCc2ccsc2)C(C(C)C)CN1. The zero-order valence-electron chi connectivity index (χ0n) is 13.4. The van der Waals surface area contributed by atoms with Crippen LogP contribution in [0.5, 0.6) is 0 Å². The van der Waals surface area contributed by atoms with Gasteiger partial charge in [0.25, 0.3) is 0 Å². The van der Waals surface area contributed by atoms with Crippen LogP contribution in [0.3, 0.4) is 0 Å². The maximum absolute atomic E-state index is 3.77. The van der Waals surface area contributed by atoms with Crippen molar-refractivity contribution in [3.8, 4) is 0 Å². The highest BCUT2D eigenvalue weighted by molar-refractivity contribution is 7.07. The minimum Gasteiger partial charge on any atom is -0.311 e. The van der Waals surface area contributed by atoms with Crippen molar-refractivity contribution in [2.45, 2.75) is 52.6 Å². The Kier molecular flexibility index (Phi) is 6.06. The zero-order valence-corrected chi connectivity index (χ0v) is 14.2. The summed E-state index contributed by atoms with van der Waals surface area (Å²) < 4.78 is 0. The largest absolute Gasteiger partial charge is 0.311 e. The maximum Gasteiger partial charge on any atom is 0.0244 e. The van der Waals surface area contributed by atoms with Crippen molar-refractivity contribution in [2.24, 2.45) is 11.8 Å². The molecular weight excluding hydrogens is 264 g/mol. The number of piperazine rings is 1. The molecule has 20 heavy (non-hydrogen) atoms. The normalized spacial score (nSPS) is 24.7. The minimum absolute atomic E-state index is 0.674. The molecule has 2 rings (SSSR count). The Morgan fingerprint density at radius 2 is 2.15 bits per heavy atom. The first kappa shape index (κ1) is 16.0. The van der Waals surface area contributed by atoms with Crippen LogP contribution in [-0.4, -0.2) is 36.6 Å². The summed E-state index contributed by atoms with van der Waals surface area (Å²) in [5, 5.41) is 8.24. The summed E-state index contributed by atoms with van der Waals surface area (Å²) in [6.45, 7) is 12.9. The summed E-state index contributed by atoms with van der Waals surface area (Å²) >= 11 is 1.81. The summed E-state index contributed by atoms with van der Waals surface area (Å²) in [5.41, 5.74) is 1.50. The lowest BCUT2D eigenvalue weighted by Gasteiger charge is -2.43. The maximum atomic E-state index is 3.77. The van der Waals surface area contributed by atoms with Gasteiger partial charge in [-0.1, -0.05) is 27.7 Å². The van der Waals surface area contributed by atoms with Gasteiger partial charge < -0.3 is 5.32 Å². The third-order valence-electron chi connectivity index (χ3n) is 4.33. The first-order chi connectivity index (χ1) is 9.56. The van der Waals surface area contributed by atoms with E-state index in [2.05, 4.69) is 54.7 Å². The highest BCUT2D eigenvalue weighted by Gasteiger charge is 2.29. The Balaban J connectivity index is 1.92. The minimum atomic E-state index is 0.674. The molecule has 0 aliphatic carbocycles. The molecular formula is C17H30N2S. The van der Waals surface area contributed by atoms with E-state index in [4.69, 9.17) is 0 Å². The van der Waals surface area contributed by atoms with Crippen LogP contribution in [0.2, 0.25) is 0 Å². The average molecular weight is 295 g/mol. The van der Waals surface area contributed by atoms with E-state index in [0.717, 1.165) is 18.4 Å². The predicted octanol–water partition coefficient (Wildman–Crippen LogP) is 3.64. The lowest BCUT2D eigenvalue weighted by atomic mass is 9.94. The van der Waals surface area contributed by atoms with Gasteiger partial charge in [0, 0.05) is 31.7 Å². The molecule has 0 bridgehead atoms. The molecule has 0 aromatic carbocycles. The topological polar surface area (TPSA) is 15.3 Å². The molecule has 2 atom stereocenters. The fraction of sp³-hybridized carbons (Fsp3) is 0.765. The number of thiophene rings is 1. The highest BCUT2D eigenvalue weighted by atomic mass is 32.1. The quantitative estimate of drug-likeness (QED) is 0.862. The Bertz CT molecular complexity index is 372. The molecule has 3 heteroatoms. The van der Waals surface area contributed by atoms with Gasteiger partial charge in [-0.3, -0.25) is 4.90 Å². The van der Waals surface area contributed by atoms with Crippen molar-refractivity contribution < 1.29 is 0 Å². The Hall–Kier alpha value is -0.380. The van der Waals surface area contributed by atoms with Crippen LogP contribution in [0.25, 0.3) is 0 Å². The molecule has 1 saturated heterocycles. The second-order valence-electron chi connectivity index (χ2n) is 6.92. The first-order valence-corrected chi connectivity index (χ1v) is 8.99. The molecule has 1 fully saturated rings. The summed E-state index contributed by atoms with van der Waals surface area (Å²) in [7, 11) is 0. The fourth-order valence-corrected chi connectivity index (χ4v) is 3.95. The molecule has 0 radical (unpaired) electrons. The molecule has 1 aliphatic heterocycles. The van der Waals surface area contributed by atoms with Crippen LogP contribution in [0, 0.1) is 11.8 Å². The fourth-order valence-electron chi connectivity index (χ4n) is 3.25. The van der Waals surface area contributed by atoms with Gasteiger partial charge in [0.1, 0.15) is 0 Å². The van der Waals surface area contributed by atoms with Gasteiger partial charge in [-0.15, -0.1) is 0 Å². The van der Waals surface area contributed by atoms with E-state index in [-0.39, 0.29) is 0 Å². The van der Waals surface area contributed by atoms with Crippen molar-refractivity contribution in [3.63, 3.8) is 0 Å². The van der Waals surface area contributed by atoms with Gasteiger partial charge in [0.2, 0.25) is 0 Å². The molecule has 1 aromatic rings. The molecule has 0 spiro atoms. The third kappa shape index (κ3) is 4.57. The summed E-state index contributed by atoms with van der Waals surface area (Å²) in [4.78, 5) is 2.73. The van der Waals surface area contributed by atoms with Crippen molar-refractivity contribution in [3.05, 3.63) is 22.4 Å². The van der Waals surface area contributed by atoms with Gasteiger partial charge in [0.05, 0.1) is 0 Å². The highest BCUT2D eigenvalue weighted by Crippen LogP contribution is 2.19. The molecule has 114 valence electrons. The van der Waals surface area contributed by atoms with Crippen LogP contribution in [0.1, 0.15) is 39.7 Å². The molecule has 2 unspecified atom stereocenters. The van der Waals surface area contributed by atoms with Crippen LogP contribution in [-0.2, 0) is 6.42 Å². The summed E-state index contributed by atoms with van der Waals surface area (Å²) in [6, 6.07) is 3.63. The molecule has 0 saturated carbocycles. The van der Waals surface area contributed by atoms with Crippen molar-refractivity contribution >= 4 is 11.3 Å². The Morgan fingerprint density at radius 1 is 1.35 bits per heavy atom. The van der Waals surface area contributed by atoms with E-state index in [1.54, 1.807) is 0 Å². The zero-order chi connectivity index (χ0) is 14.5. The van der Waals surface area contributed by atoms with Gasteiger partial charge in [-0.2, -0.15) is 11.3 Å². The van der Waals surface area contributed by atoms with E-state index in [0.29, 0.717) is 12.1 Å². The number of rotatable bonds is 6. The van der Waals surface area contributed by atoms with E-state index in [1.165, 1.54) is 31.5 Å². The van der Waals surface area contributed by atoms with Crippen LogP contribution in [0.15, 0.2) is 16.8 Å². The van der Waals surface area contributed by atoms with Gasteiger partial charge in [0.15, 0.2) is 0 Å². The monoisotopic (exact) mass is 294 g/mol. The van der Waals surface area contributed by atoms with E-state index in [9.17, 15) is 0 Å².